The average molecular weight is 435 g/mol. The molecule has 8 nitrogen and oxygen atoms in total. The van der Waals surface area contributed by atoms with Crippen molar-refractivity contribution < 1.29 is 4.79 Å². The second-order valence-corrected chi connectivity index (χ2v) is 7.92. The Morgan fingerprint density at radius 3 is 2.59 bits per heavy atom. The van der Waals surface area contributed by atoms with E-state index in [1.54, 1.807) is 16.8 Å². The van der Waals surface area contributed by atoms with Gasteiger partial charge in [-0.3, -0.25) is 14.7 Å². The largest absolute Gasteiger partial charge is 0.352 e. The molecule has 4 rings (SSSR count). The third kappa shape index (κ3) is 3.82. The lowest BCUT2D eigenvalue weighted by Crippen LogP contribution is -2.49. The molecule has 1 saturated heterocycles. The number of piperazine rings is 1. The third-order valence-corrected chi connectivity index (χ3v) is 5.74. The standard InChI is InChI=1S/C19H20Cl2N6O2/c1-11-14(12(2)27-16(23-11)9-17(28)24-27)8-18(29)25-3-5-26(6-4-25)19-15(21)7-13(20)10-22-19/h7,9-10H,3-6,8H2,1-2H3,(H,24,28). The molecule has 0 bridgehead atoms. The number of carbonyl (C=O) groups excluding carboxylic acids is 1. The van der Waals surface area contributed by atoms with Crippen molar-refractivity contribution in [1.29, 1.82) is 0 Å². The number of rotatable bonds is 3. The van der Waals surface area contributed by atoms with E-state index in [9.17, 15) is 9.59 Å². The predicted molar refractivity (Wildman–Crippen MR) is 112 cm³/mol. The van der Waals surface area contributed by atoms with Crippen molar-refractivity contribution in [1.82, 2.24) is 24.5 Å². The number of aromatic amines is 1. The fourth-order valence-corrected chi connectivity index (χ4v) is 4.18. The fraction of sp³-hybridized carbons (Fsp3) is 0.368. The summed E-state index contributed by atoms with van der Waals surface area (Å²) >= 11 is 12.2. The van der Waals surface area contributed by atoms with Crippen molar-refractivity contribution in [2.45, 2.75) is 20.3 Å². The van der Waals surface area contributed by atoms with Gasteiger partial charge in [-0.2, -0.15) is 0 Å². The van der Waals surface area contributed by atoms with Crippen LogP contribution in [0.2, 0.25) is 10.0 Å². The number of anilines is 1. The molecule has 1 N–H and O–H groups in total. The van der Waals surface area contributed by atoms with Gasteiger partial charge in [0.2, 0.25) is 5.91 Å². The normalized spacial score (nSPS) is 14.6. The summed E-state index contributed by atoms with van der Waals surface area (Å²) in [4.78, 5) is 37.2. The molecule has 10 heteroatoms. The number of pyridine rings is 1. The van der Waals surface area contributed by atoms with E-state index >= 15 is 0 Å². The summed E-state index contributed by atoms with van der Waals surface area (Å²) in [6.45, 7) is 6.17. The van der Waals surface area contributed by atoms with Crippen LogP contribution in [-0.4, -0.2) is 56.6 Å². The summed E-state index contributed by atoms with van der Waals surface area (Å²) in [5.74, 6) is 0.711. The number of amides is 1. The van der Waals surface area contributed by atoms with Crippen LogP contribution in [0.1, 0.15) is 17.0 Å². The number of H-pyrrole nitrogens is 1. The van der Waals surface area contributed by atoms with Gasteiger partial charge in [0.1, 0.15) is 5.82 Å². The number of nitrogens with one attached hydrogen (secondary N) is 1. The van der Waals surface area contributed by atoms with Crippen molar-refractivity contribution in [3.05, 3.63) is 55.7 Å². The summed E-state index contributed by atoms with van der Waals surface area (Å²) in [6.07, 6.45) is 1.81. The lowest BCUT2D eigenvalue weighted by molar-refractivity contribution is -0.130. The highest BCUT2D eigenvalue weighted by molar-refractivity contribution is 6.36. The summed E-state index contributed by atoms with van der Waals surface area (Å²) < 4.78 is 1.63. The number of halogens is 2. The van der Waals surface area contributed by atoms with Crippen LogP contribution >= 0.6 is 23.2 Å². The van der Waals surface area contributed by atoms with E-state index in [1.165, 1.54) is 6.07 Å². The summed E-state index contributed by atoms with van der Waals surface area (Å²) in [6, 6.07) is 3.12. The van der Waals surface area contributed by atoms with Crippen LogP contribution < -0.4 is 10.5 Å². The number of aromatic nitrogens is 4. The minimum Gasteiger partial charge on any atom is -0.352 e. The van der Waals surface area contributed by atoms with E-state index in [0.29, 0.717) is 47.7 Å². The highest BCUT2D eigenvalue weighted by Gasteiger charge is 2.24. The van der Waals surface area contributed by atoms with E-state index in [1.807, 2.05) is 18.7 Å². The van der Waals surface area contributed by atoms with Gasteiger partial charge < -0.3 is 9.80 Å². The Kier molecular flexibility index (Phi) is 5.23. The van der Waals surface area contributed by atoms with Crippen LogP contribution in [0.25, 0.3) is 5.65 Å². The predicted octanol–water partition coefficient (Wildman–Crippen LogP) is 2.23. The molecule has 3 aromatic heterocycles. The lowest BCUT2D eigenvalue weighted by atomic mass is 10.1. The zero-order chi connectivity index (χ0) is 20.7. The van der Waals surface area contributed by atoms with Crippen LogP contribution in [0.5, 0.6) is 0 Å². The molecule has 0 atom stereocenters. The molecule has 0 radical (unpaired) electrons. The second-order valence-electron chi connectivity index (χ2n) is 7.08. The van der Waals surface area contributed by atoms with Gasteiger partial charge in [0.05, 0.1) is 16.5 Å². The van der Waals surface area contributed by atoms with E-state index in [2.05, 4.69) is 20.0 Å². The fourth-order valence-electron chi connectivity index (χ4n) is 3.68. The maximum absolute atomic E-state index is 12.9. The number of hydrogen-bond donors (Lipinski definition) is 1. The minimum atomic E-state index is -0.214. The smallest absolute Gasteiger partial charge is 0.266 e. The van der Waals surface area contributed by atoms with Crippen LogP contribution in [-0.2, 0) is 11.2 Å². The molecule has 152 valence electrons. The number of aryl methyl sites for hydroxylation is 2. The first-order valence-corrected chi connectivity index (χ1v) is 10.0. The molecular weight excluding hydrogens is 415 g/mol. The summed E-state index contributed by atoms with van der Waals surface area (Å²) in [5, 5.41) is 3.72. The number of carbonyl (C=O) groups is 1. The first kappa shape index (κ1) is 19.7. The van der Waals surface area contributed by atoms with Crippen molar-refractivity contribution >= 4 is 40.6 Å². The summed E-state index contributed by atoms with van der Waals surface area (Å²) in [5.41, 5.74) is 2.75. The molecule has 29 heavy (non-hydrogen) atoms. The minimum absolute atomic E-state index is 0.0293. The topological polar surface area (TPSA) is 86.6 Å². The Balaban J connectivity index is 1.47. The maximum atomic E-state index is 12.9. The molecule has 1 amide bonds. The van der Waals surface area contributed by atoms with Crippen molar-refractivity contribution in [3.63, 3.8) is 0 Å². The molecule has 1 aliphatic heterocycles. The maximum Gasteiger partial charge on any atom is 0.266 e. The quantitative estimate of drug-likeness (QED) is 0.682. The first-order chi connectivity index (χ1) is 13.8. The van der Waals surface area contributed by atoms with E-state index in [-0.39, 0.29) is 17.9 Å². The Morgan fingerprint density at radius 2 is 1.90 bits per heavy atom. The number of fused-ring (bicyclic) bond motifs is 1. The van der Waals surface area contributed by atoms with Gasteiger partial charge >= 0.3 is 0 Å². The number of nitrogens with zero attached hydrogens (tertiary/aromatic N) is 5. The molecule has 0 unspecified atom stereocenters. The molecule has 0 spiro atoms. The SMILES string of the molecule is Cc1nc2cc(=O)[nH]n2c(C)c1CC(=O)N1CCN(c2ncc(Cl)cc2Cl)CC1. The lowest BCUT2D eigenvalue weighted by Gasteiger charge is -2.36. The van der Waals surface area contributed by atoms with Crippen LogP contribution in [0.4, 0.5) is 5.82 Å². The molecule has 3 aromatic rings. The Bertz CT molecular complexity index is 1150. The Labute approximate surface area is 177 Å². The zero-order valence-electron chi connectivity index (χ0n) is 16.1. The van der Waals surface area contributed by atoms with E-state index in [0.717, 1.165) is 17.0 Å². The first-order valence-electron chi connectivity index (χ1n) is 9.25. The highest BCUT2D eigenvalue weighted by atomic mass is 35.5. The molecule has 4 heterocycles. The van der Waals surface area contributed by atoms with Gasteiger partial charge in [0.25, 0.3) is 5.56 Å². The van der Waals surface area contributed by atoms with Gasteiger partial charge in [0.15, 0.2) is 5.65 Å². The number of hydrogen-bond acceptors (Lipinski definition) is 5. The van der Waals surface area contributed by atoms with Crippen molar-refractivity contribution in [2.75, 3.05) is 31.1 Å². The Morgan fingerprint density at radius 1 is 1.17 bits per heavy atom. The molecule has 1 aliphatic rings. The Hall–Kier alpha value is -2.58. The van der Waals surface area contributed by atoms with Crippen LogP contribution in [0.15, 0.2) is 23.1 Å². The van der Waals surface area contributed by atoms with E-state index in [4.69, 9.17) is 23.2 Å². The van der Waals surface area contributed by atoms with Gasteiger partial charge in [-0.05, 0) is 19.9 Å². The second kappa shape index (κ2) is 7.68. The molecule has 0 aliphatic carbocycles. The van der Waals surface area contributed by atoms with Gasteiger partial charge in [-0.25, -0.2) is 14.5 Å². The van der Waals surface area contributed by atoms with Gasteiger partial charge in [0, 0.05) is 55.4 Å². The third-order valence-electron chi connectivity index (χ3n) is 5.25. The van der Waals surface area contributed by atoms with Crippen LogP contribution in [0, 0.1) is 13.8 Å². The molecule has 1 fully saturated rings. The van der Waals surface area contributed by atoms with Crippen molar-refractivity contribution in [3.8, 4) is 0 Å². The van der Waals surface area contributed by atoms with Gasteiger partial charge in [-0.1, -0.05) is 23.2 Å². The monoisotopic (exact) mass is 434 g/mol. The summed E-state index contributed by atoms with van der Waals surface area (Å²) in [7, 11) is 0. The highest BCUT2D eigenvalue weighted by Crippen LogP contribution is 2.27. The molecule has 0 saturated carbocycles. The van der Waals surface area contributed by atoms with Crippen molar-refractivity contribution in [2.24, 2.45) is 0 Å². The van der Waals surface area contributed by atoms with Crippen LogP contribution in [0.3, 0.4) is 0 Å². The van der Waals surface area contributed by atoms with Gasteiger partial charge in [-0.15, -0.1) is 0 Å². The molecule has 0 aromatic carbocycles. The molecular formula is C19H20Cl2N6O2. The average Bonchev–Trinajstić information content (AvgIpc) is 3.05. The van der Waals surface area contributed by atoms with E-state index < -0.39 is 0 Å². The zero-order valence-corrected chi connectivity index (χ0v) is 17.6.